The van der Waals surface area contributed by atoms with Crippen molar-refractivity contribution < 1.29 is 9.53 Å². The van der Waals surface area contributed by atoms with Crippen LogP contribution in [0.2, 0.25) is 0 Å². The van der Waals surface area contributed by atoms with E-state index in [0.717, 1.165) is 35.7 Å². The number of carbonyl (C=O) groups excluding carboxylic acids is 1. The summed E-state index contributed by atoms with van der Waals surface area (Å²) in [6, 6.07) is 15.6. The van der Waals surface area contributed by atoms with Crippen molar-refractivity contribution >= 4 is 34.6 Å². The number of ether oxygens (including phenoxy) is 1. The number of nitrogens with one attached hydrogen (secondary N) is 2. The standard InChI is InChI=1S/C19H21N3O2S/c1-24-17-9-7-14(8-10-17)13-20-19(25)21-15-4-2-5-16(12-15)22-11-3-6-18(22)23/h2,4-5,7-10,12H,3,6,11,13H2,1H3,(H2,20,21,25). The average Bonchev–Trinajstić information content (AvgIpc) is 3.06. The van der Waals surface area contributed by atoms with Gasteiger partial charge in [0.05, 0.1) is 7.11 Å². The summed E-state index contributed by atoms with van der Waals surface area (Å²) in [6.45, 7) is 1.41. The largest absolute Gasteiger partial charge is 0.497 e. The minimum atomic E-state index is 0.178. The van der Waals surface area contributed by atoms with E-state index in [1.54, 1.807) is 7.11 Å². The predicted molar refractivity (Wildman–Crippen MR) is 104 cm³/mol. The van der Waals surface area contributed by atoms with Crippen LogP contribution in [0.3, 0.4) is 0 Å². The average molecular weight is 355 g/mol. The van der Waals surface area contributed by atoms with E-state index in [-0.39, 0.29) is 5.91 Å². The third kappa shape index (κ3) is 4.48. The molecule has 2 N–H and O–H groups in total. The molecule has 2 aromatic rings. The maximum atomic E-state index is 11.9. The summed E-state index contributed by atoms with van der Waals surface area (Å²) in [5.41, 5.74) is 2.89. The molecule has 3 rings (SSSR count). The molecule has 6 heteroatoms. The van der Waals surface area contributed by atoms with Gasteiger partial charge in [-0.3, -0.25) is 4.79 Å². The van der Waals surface area contributed by atoms with Gasteiger partial charge in [-0.05, 0) is 54.5 Å². The second kappa shape index (κ2) is 7.98. The Kier molecular flexibility index (Phi) is 5.50. The number of anilines is 2. The van der Waals surface area contributed by atoms with E-state index in [1.165, 1.54) is 0 Å². The highest BCUT2D eigenvalue weighted by atomic mass is 32.1. The van der Waals surface area contributed by atoms with Crippen LogP contribution in [0, 0.1) is 0 Å². The van der Waals surface area contributed by atoms with Crippen molar-refractivity contribution in [3.63, 3.8) is 0 Å². The van der Waals surface area contributed by atoms with E-state index in [0.29, 0.717) is 18.1 Å². The number of hydrogen-bond acceptors (Lipinski definition) is 3. The van der Waals surface area contributed by atoms with Gasteiger partial charge in [-0.15, -0.1) is 0 Å². The van der Waals surface area contributed by atoms with E-state index < -0.39 is 0 Å². The zero-order valence-electron chi connectivity index (χ0n) is 14.1. The number of benzene rings is 2. The molecule has 1 fully saturated rings. The molecule has 1 aliphatic rings. The molecule has 0 aromatic heterocycles. The molecule has 1 aliphatic heterocycles. The zero-order valence-corrected chi connectivity index (χ0v) is 14.9. The zero-order chi connectivity index (χ0) is 17.6. The number of thiocarbonyl (C=S) groups is 1. The summed E-state index contributed by atoms with van der Waals surface area (Å²) >= 11 is 5.36. The van der Waals surface area contributed by atoms with Gasteiger partial charge in [-0.25, -0.2) is 0 Å². The Morgan fingerprint density at radius 3 is 2.72 bits per heavy atom. The molecule has 25 heavy (non-hydrogen) atoms. The van der Waals surface area contributed by atoms with Gasteiger partial charge in [-0.2, -0.15) is 0 Å². The first-order chi connectivity index (χ1) is 12.2. The van der Waals surface area contributed by atoms with Gasteiger partial charge in [0.2, 0.25) is 5.91 Å². The van der Waals surface area contributed by atoms with E-state index >= 15 is 0 Å². The van der Waals surface area contributed by atoms with Crippen LogP contribution in [0.4, 0.5) is 11.4 Å². The number of methoxy groups -OCH3 is 1. The minimum absolute atomic E-state index is 0.178. The quantitative estimate of drug-likeness (QED) is 0.806. The van der Waals surface area contributed by atoms with Crippen molar-refractivity contribution in [3.8, 4) is 5.75 Å². The second-order valence-electron chi connectivity index (χ2n) is 5.86. The molecule has 0 bridgehead atoms. The molecular weight excluding hydrogens is 334 g/mol. The Labute approximate surface area is 153 Å². The van der Waals surface area contributed by atoms with Gasteiger partial charge in [0.15, 0.2) is 5.11 Å². The first-order valence-corrected chi connectivity index (χ1v) is 8.65. The molecule has 0 aliphatic carbocycles. The van der Waals surface area contributed by atoms with E-state index in [9.17, 15) is 4.79 Å². The van der Waals surface area contributed by atoms with Gasteiger partial charge in [-0.1, -0.05) is 18.2 Å². The second-order valence-corrected chi connectivity index (χ2v) is 6.26. The summed E-state index contributed by atoms with van der Waals surface area (Å²) in [7, 11) is 1.65. The highest BCUT2D eigenvalue weighted by Crippen LogP contribution is 2.24. The fourth-order valence-corrected chi connectivity index (χ4v) is 2.96. The van der Waals surface area contributed by atoms with Crippen LogP contribution in [-0.2, 0) is 11.3 Å². The molecule has 2 aromatic carbocycles. The maximum absolute atomic E-state index is 11.9. The molecule has 0 spiro atoms. The van der Waals surface area contributed by atoms with Crippen molar-refractivity contribution in [2.75, 3.05) is 23.9 Å². The number of amides is 1. The molecule has 0 saturated carbocycles. The summed E-state index contributed by atoms with van der Waals surface area (Å²) < 4.78 is 5.15. The topological polar surface area (TPSA) is 53.6 Å². The first-order valence-electron chi connectivity index (χ1n) is 8.24. The fourth-order valence-electron chi connectivity index (χ4n) is 2.77. The van der Waals surface area contributed by atoms with E-state index in [1.807, 2.05) is 53.4 Å². The molecule has 5 nitrogen and oxygen atoms in total. The normalized spacial score (nSPS) is 13.6. The molecule has 0 unspecified atom stereocenters. The smallest absolute Gasteiger partial charge is 0.227 e. The molecule has 0 radical (unpaired) electrons. The summed E-state index contributed by atoms with van der Waals surface area (Å²) in [4.78, 5) is 13.7. The Morgan fingerprint density at radius 2 is 2.04 bits per heavy atom. The molecule has 1 heterocycles. The fraction of sp³-hybridized carbons (Fsp3) is 0.263. The monoisotopic (exact) mass is 355 g/mol. The van der Waals surface area contributed by atoms with Crippen LogP contribution >= 0.6 is 12.2 Å². The van der Waals surface area contributed by atoms with Crippen LogP contribution in [0.25, 0.3) is 0 Å². The predicted octanol–water partition coefficient (Wildman–Crippen LogP) is 3.31. The lowest BCUT2D eigenvalue weighted by atomic mass is 10.2. The maximum Gasteiger partial charge on any atom is 0.227 e. The number of rotatable bonds is 5. The van der Waals surface area contributed by atoms with Crippen LogP contribution in [0.1, 0.15) is 18.4 Å². The third-order valence-electron chi connectivity index (χ3n) is 4.10. The minimum Gasteiger partial charge on any atom is -0.497 e. The van der Waals surface area contributed by atoms with Crippen molar-refractivity contribution in [1.82, 2.24) is 5.32 Å². The Bertz CT molecular complexity index is 762. The lowest BCUT2D eigenvalue weighted by molar-refractivity contribution is -0.117. The number of hydrogen-bond donors (Lipinski definition) is 2. The van der Waals surface area contributed by atoms with Gasteiger partial charge in [0, 0.05) is 30.9 Å². The highest BCUT2D eigenvalue weighted by Gasteiger charge is 2.21. The van der Waals surface area contributed by atoms with Gasteiger partial charge < -0.3 is 20.3 Å². The molecular formula is C19H21N3O2S. The Balaban J connectivity index is 1.56. The summed E-state index contributed by atoms with van der Waals surface area (Å²) in [6.07, 6.45) is 1.54. The highest BCUT2D eigenvalue weighted by molar-refractivity contribution is 7.80. The van der Waals surface area contributed by atoms with Crippen molar-refractivity contribution in [1.29, 1.82) is 0 Å². The SMILES string of the molecule is COc1ccc(CNC(=S)Nc2cccc(N3CCCC3=O)c2)cc1. The summed E-state index contributed by atoms with van der Waals surface area (Å²) in [5.74, 6) is 1.01. The van der Waals surface area contributed by atoms with Crippen LogP contribution in [0.15, 0.2) is 48.5 Å². The molecule has 1 amide bonds. The number of nitrogens with zero attached hydrogens (tertiary/aromatic N) is 1. The third-order valence-corrected chi connectivity index (χ3v) is 4.35. The van der Waals surface area contributed by atoms with E-state index in [4.69, 9.17) is 17.0 Å². The van der Waals surface area contributed by atoms with Gasteiger partial charge >= 0.3 is 0 Å². The van der Waals surface area contributed by atoms with Crippen LogP contribution < -0.4 is 20.3 Å². The van der Waals surface area contributed by atoms with Crippen LogP contribution in [0.5, 0.6) is 5.75 Å². The lowest BCUT2D eigenvalue weighted by Gasteiger charge is -2.17. The van der Waals surface area contributed by atoms with Gasteiger partial charge in [0.1, 0.15) is 5.75 Å². The van der Waals surface area contributed by atoms with Crippen molar-refractivity contribution in [3.05, 3.63) is 54.1 Å². The van der Waals surface area contributed by atoms with Crippen molar-refractivity contribution in [2.24, 2.45) is 0 Å². The van der Waals surface area contributed by atoms with Gasteiger partial charge in [0.25, 0.3) is 0 Å². The molecule has 130 valence electrons. The first kappa shape index (κ1) is 17.2. The Hall–Kier alpha value is -2.60. The van der Waals surface area contributed by atoms with Crippen molar-refractivity contribution in [2.45, 2.75) is 19.4 Å². The summed E-state index contributed by atoms with van der Waals surface area (Å²) in [5, 5.41) is 6.90. The molecule has 1 saturated heterocycles. The lowest BCUT2D eigenvalue weighted by Crippen LogP contribution is -2.28. The number of carbonyl (C=O) groups is 1. The van der Waals surface area contributed by atoms with E-state index in [2.05, 4.69) is 10.6 Å². The molecule has 0 atom stereocenters. The van der Waals surface area contributed by atoms with Crippen LogP contribution in [-0.4, -0.2) is 24.7 Å². The Morgan fingerprint density at radius 1 is 1.24 bits per heavy atom.